The molecule has 5 heteroatoms. The first-order chi connectivity index (χ1) is 13.7. The van der Waals surface area contributed by atoms with Gasteiger partial charge in [0.15, 0.2) is 5.60 Å². The Morgan fingerprint density at radius 2 is 1.86 bits per heavy atom. The fourth-order valence-corrected chi connectivity index (χ4v) is 5.05. The third kappa shape index (κ3) is 4.09. The van der Waals surface area contributed by atoms with Crippen LogP contribution >= 0.6 is 0 Å². The maximum Gasteiger partial charge on any atom is 0.261 e. The highest BCUT2D eigenvalue weighted by Gasteiger charge is 2.48. The third-order valence-corrected chi connectivity index (χ3v) is 6.69. The minimum atomic E-state index is -0.881. The SMILES string of the molecule is O=C(CCC1CCCC1)N1CCOC2(CCCCN(c3ccccc3)C2=O)C1. The molecule has 2 aliphatic heterocycles. The van der Waals surface area contributed by atoms with E-state index in [0.717, 1.165) is 24.9 Å². The number of benzene rings is 1. The number of para-hydroxylation sites is 1. The normalized spacial score (nSPS) is 26.6. The summed E-state index contributed by atoms with van der Waals surface area (Å²) in [5, 5.41) is 0. The zero-order valence-electron chi connectivity index (χ0n) is 16.8. The predicted molar refractivity (Wildman–Crippen MR) is 109 cm³/mol. The van der Waals surface area contributed by atoms with Crippen LogP contribution in [0.4, 0.5) is 5.69 Å². The van der Waals surface area contributed by atoms with Gasteiger partial charge in [0.1, 0.15) is 0 Å². The zero-order chi connectivity index (χ0) is 19.4. The fourth-order valence-electron chi connectivity index (χ4n) is 5.05. The van der Waals surface area contributed by atoms with Crippen molar-refractivity contribution in [2.75, 3.05) is 31.1 Å². The number of hydrogen-bond donors (Lipinski definition) is 0. The van der Waals surface area contributed by atoms with E-state index in [-0.39, 0.29) is 11.8 Å². The number of amides is 2. The zero-order valence-corrected chi connectivity index (χ0v) is 16.8. The number of ether oxygens (including phenoxy) is 1. The highest BCUT2D eigenvalue weighted by atomic mass is 16.5. The van der Waals surface area contributed by atoms with Crippen molar-refractivity contribution in [2.45, 2.75) is 63.4 Å². The molecule has 0 bridgehead atoms. The highest BCUT2D eigenvalue weighted by molar-refractivity contribution is 6.00. The summed E-state index contributed by atoms with van der Waals surface area (Å²) in [5.74, 6) is 0.925. The van der Waals surface area contributed by atoms with E-state index < -0.39 is 5.60 Å². The first-order valence-corrected chi connectivity index (χ1v) is 11.0. The second-order valence-corrected chi connectivity index (χ2v) is 8.60. The summed E-state index contributed by atoms with van der Waals surface area (Å²) >= 11 is 0. The van der Waals surface area contributed by atoms with Crippen LogP contribution in [0.3, 0.4) is 0 Å². The van der Waals surface area contributed by atoms with Crippen LogP contribution < -0.4 is 4.90 Å². The molecule has 4 rings (SSSR count). The van der Waals surface area contributed by atoms with E-state index in [1.807, 2.05) is 40.1 Å². The van der Waals surface area contributed by atoms with Crippen molar-refractivity contribution in [3.8, 4) is 0 Å². The molecule has 1 saturated carbocycles. The van der Waals surface area contributed by atoms with Gasteiger partial charge in [-0.3, -0.25) is 9.59 Å². The Bertz CT molecular complexity index is 686. The standard InChI is InChI=1S/C23H32N2O3/c26-21(13-12-19-8-4-5-9-19)24-16-17-28-23(18-24)14-6-7-15-25(22(23)27)20-10-2-1-3-11-20/h1-3,10-11,19H,4-9,12-18H2. The van der Waals surface area contributed by atoms with Gasteiger partial charge in [0.25, 0.3) is 5.91 Å². The molecule has 0 radical (unpaired) electrons. The number of morpholine rings is 1. The Kier molecular flexibility index (Phi) is 6.00. The summed E-state index contributed by atoms with van der Waals surface area (Å²) in [5.41, 5.74) is 0.0372. The molecule has 1 spiro atoms. The Labute approximate surface area is 168 Å². The molecule has 28 heavy (non-hydrogen) atoms. The molecule has 2 heterocycles. The number of rotatable bonds is 4. The fraction of sp³-hybridized carbons (Fsp3) is 0.652. The summed E-state index contributed by atoms with van der Waals surface area (Å²) in [4.78, 5) is 30.1. The van der Waals surface area contributed by atoms with Gasteiger partial charge >= 0.3 is 0 Å². The molecule has 0 aromatic heterocycles. The van der Waals surface area contributed by atoms with Crippen molar-refractivity contribution in [1.82, 2.24) is 4.90 Å². The lowest BCUT2D eigenvalue weighted by molar-refractivity contribution is -0.164. The summed E-state index contributed by atoms with van der Waals surface area (Å²) in [6.45, 7) is 2.16. The van der Waals surface area contributed by atoms with Crippen LogP contribution in [0.1, 0.15) is 57.8 Å². The molecule has 5 nitrogen and oxygen atoms in total. The van der Waals surface area contributed by atoms with E-state index >= 15 is 0 Å². The van der Waals surface area contributed by atoms with Gasteiger partial charge in [0, 0.05) is 25.2 Å². The molecule has 2 saturated heterocycles. The Morgan fingerprint density at radius 3 is 2.64 bits per heavy atom. The highest BCUT2D eigenvalue weighted by Crippen LogP contribution is 2.33. The van der Waals surface area contributed by atoms with Gasteiger partial charge in [-0.05, 0) is 43.7 Å². The maximum atomic E-state index is 13.5. The molecule has 3 fully saturated rings. The van der Waals surface area contributed by atoms with Gasteiger partial charge in [-0.25, -0.2) is 0 Å². The molecule has 3 aliphatic rings. The van der Waals surface area contributed by atoms with Gasteiger partial charge in [0.05, 0.1) is 13.2 Å². The minimum absolute atomic E-state index is 0.0180. The quantitative estimate of drug-likeness (QED) is 0.794. The van der Waals surface area contributed by atoms with Crippen LogP contribution in [0.25, 0.3) is 0 Å². The molecular weight excluding hydrogens is 352 g/mol. The predicted octanol–water partition coefficient (Wildman–Crippen LogP) is 3.77. The first kappa shape index (κ1) is 19.4. The monoisotopic (exact) mass is 384 g/mol. The largest absolute Gasteiger partial charge is 0.361 e. The smallest absolute Gasteiger partial charge is 0.261 e. The second-order valence-electron chi connectivity index (χ2n) is 8.60. The number of carbonyl (C=O) groups is 2. The van der Waals surface area contributed by atoms with Crippen molar-refractivity contribution < 1.29 is 14.3 Å². The van der Waals surface area contributed by atoms with Crippen molar-refractivity contribution >= 4 is 17.5 Å². The second kappa shape index (κ2) is 8.64. The van der Waals surface area contributed by atoms with Crippen LogP contribution in [0.15, 0.2) is 30.3 Å². The molecule has 1 aromatic rings. The van der Waals surface area contributed by atoms with E-state index in [0.29, 0.717) is 45.0 Å². The van der Waals surface area contributed by atoms with Gasteiger partial charge in [-0.1, -0.05) is 43.9 Å². The van der Waals surface area contributed by atoms with Crippen molar-refractivity contribution in [3.63, 3.8) is 0 Å². The molecule has 1 aliphatic carbocycles. The maximum absolute atomic E-state index is 13.5. The average molecular weight is 385 g/mol. The van der Waals surface area contributed by atoms with Crippen LogP contribution in [0, 0.1) is 5.92 Å². The minimum Gasteiger partial charge on any atom is -0.361 e. The van der Waals surface area contributed by atoms with E-state index in [2.05, 4.69) is 0 Å². The van der Waals surface area contributed by atoms with Gasteiger partial charge in [0.2, 0.25) is 5.91 Å². The lowest BCUT2D eigenvalue weighted by Crippen LogP contribution is -2.61. The molecular formula is C23H32N2O3. The van der Waals surface area contributed by atoms with E-state index in [9.17, 15) is 9.59 Å². The summed E-state index contributed by atoms with van der Waals surface area (Å²) in [6, 6.07) is 9.83. The molecule has 1 unspecified atom stereocenters. The van der Waals surface area contributed by atoms with Crippen molar-refractivity contribution in [2.24, 2.45) is 5.92 Å². The Morgan fingerprint density at radius 1 is 1.07 bits per heavy atom. The molecule has 1 aromatic carbocycles. The lowest BCUT2D eigenvalue weighted by atomic mass is 9.93. The molecule has 1 atom stereocenters. The van der Waals surface area contributed by atoms with E-state index in [1.54, 1.807) is 0 Å². The Hall–Kier alpha value is -1.88. The van der Waals surface area contributed by atoms with E-state index in [4.69, 9.17) is 4.74 Å². The third-order valence-electron chi connectivity index (χ3n) is 6.69. The van der Waals surface area contributed by atoms with Crippen LogP contribution in [-0.2, 0) is 14.3 Å². The van der Waals surface area contributed by atoms with Crippen molar-refractivity contribution in [3.05, 3.63) is 30.3 Å². The number of hydrogen-bond acceptors (Lipinski definition) is 3. The molecule has 0 N–H and O–H groups in total. The first-order valence-electron chi connectivity index (χ1n) is 11.0. The summed E-state index contributed by atoms with van der Waals surface area (Å²) < 4.78 is 6.12. The summed E-state index contributed by atoms with van der Waals surface area (Å²) in [7, 11) is 0. The van der Waals surface area contributed by atoms with Crippen molar-refractivity contribution in [1.29, 1.82) is 0 Å². The van der Waals surface area contributed by atoms with Crippen LogP contribution in [-0.4, -0.2) is 48.6 Å². The van der Waals surface area contributed by atoms with Crippen LogP contribution in [0.2, 0.25) is 0 Å². The average Bonchev–Trinajstić information content (AvgIpc) is 3.21. The molecule has 152 valence electrons. The number of nitrogens with zero attached hydrogens (tertiary/aromatic N) is 2. The number of carbonyl (C=O) groups excluding carboxylic acids is 2. The Balaban J connectivity index is 1.45. The lowest BCUT2D eigenvalue weighted by Gasteiger charge is -2.42. The van der Waals surface area contributed by atoms with Crippen LogP contribution in [0.5, 0.6) is 0 Å². The molecule has 2 amide bonds. The topological polar surface area (TPSA) is 49.9 Å². The van der Waals surface area contributed by atoms with E-state index in [1.165, 1.54) is 25.7 Å². The van der Waals surface area contributed by atoms with Gasteiger partial charge in [-0.2, -0.15) is 0 Å². The van der Waals surface area contributed by atoms with Gasteiger partial charge in [-0.15, -0.1) is 0 Å². The summed E-state index contributed by atoms with van der Waals surface area (Å²) in [6.07, 6.45) is 9.36. The van der Waals surface area contributed by atoms with Gasteiger partial charge < -0.3 is 14.5 Å². The number of anilines is 1.